The molecule has 0 bridgehead atoms. The van der Waals surface area contributed by atoms with Gasteiger partial charge in [-0.15, -0.1) is 0 Å². The third-order valence-electron chi connectivity index (χ3n) is 5.97. The third kappa shape index (κ3) is 2.64. The predicted molar refractivity (Wildman–Crippen MR) is 99.5 cm³/mol. The van der Waals surface area contributed by atoms with Crippen molar-refractivity contribution in [3.63, 3.8) is 0 Å². The SMILES string of the molecule is O=C1CCC[C@@H]2N[C@H](Nc3nc4ccccc4o3)N[C@@]3(C=CCCC3)[C@@H]12. The lowest BCUT2D eigenvalue weighted by Gasteiger charge is -2.52. The number of aromatic nitrogens is 1. The van der Waals surface area contributed by atoms with Gasteiger partial charge in [0.15, 0.2) is 5.58 Å². The Bertz CT molecular complexity index is 827. The number of allylic oxidation sites excluding steroid dienone is 1. The molecule has 6 nitrogen and oxygen atoms in total. The van der Waals surface area contributed by atoms with E-state index in [4.69, 9.17) is 4.42 Å². The molecule has 1 aromatic heterocycles. The van der Waals surface area contributed by atoms with Gasteiger partial charge in [0.25, 0.3) is 6.01 Å². The lowest BCUT2D eigenvalue weighted by molar-refractivity contribution is -0.130. The van der Waals surface area contributed by atoms with Crippen molar-refractivity contribution in [2.24, 2.45) is 5.92 Å². The van der Waals surface area contributed by atoms with Crippen LogP contribution in [0.3, 0.4) is 0 Å². The highest BCUT2D eigenvalue weighted by Gasteiger charge is 2.51. The minimum atomic E-state index is -0.268. The number of para-hydroxylation sites is 2. The van der Waals surface area contributed by atoms with E-state index in [1.165, 1.54) is 0 Å². The van der Waals surface area contributed by atoms with Crippen molar-refractivity contribution < 1.29 is 9.21 Å². The summed E-state index contributed by atoms with van der Waals surface area (Å²) >= 11 is 0. The first-order valence-electron chi connectivity index (χ1n) is 9.60. The van der Waals surface area contributed by atoms with Crippen molar-refractivity contribution >= 4 is 22.9 Å². The number of ketones is 1. The Morgan fingerprint density at radius 1 is 1.27 bits per heavy atom. The fourth-order valence-electron chi connectivity index (χ4n) is 4.89. The van der Waals surface area contributed by atoms with Crippen LogP contribution in [0.1, 0.15) is 38.5 Å². The van der Waals surface area contributed by atoms with Gasteiger partial charge in [-0.25, -0.2) is 0 Å². The highest BCUT2D eigenvalue weighted by atomic mass is 16.4. The van der Waals surface area contributed by atoms with Crippen LogP contribution in [0.25, 0.3) is 11.1 Å². The topological polar surface area (TPSA) is 79.2 Å². The van der Waals surface area contributed by atoms with Crippen LogP contribution < -0.4 is 16.0 Å². The van der Waals surface area contributed by atoms with Crippen molar-refractivity contribution in [3.8, 4) is 0 Å². The van der Waals surface area contributed by atoms with Gasteiger partial charge in [-0.3, -0.25) is 15.4 Å². The second-order valence-corrected chi connectivity index (χ2v) is 7.65. The normalized spacial score (nSPS) is 34.2. The smallest absolute Gasteiger partial charge is 0.297 e. The summed E-state index contributed by atoms with van der Waals surface area (Å²) < 4.78 is 5.82. The Hall–Kier alpha value is -2.18. The van der Waals surface area contributed by atoms with Gasteiger partial charge in [0.1, 0.15) is 17.6 Å². The molecule has 3 aliphatic rings. The molecule has 2 aliphatic carbocycles. The molecule has 2 fully saturated rings. The summed E-state index contributed by atoms with van der Waals surface area (Å²) in [5.74, 6) is 0.391. The first-order valence-corrected chi connectivity index (χ1v) is 9.60. The molecule has 26 heavy (non-hydrogen) atoms. The summed E-state index contributed by atoms with van der Waals surface area (Å²) in [6.45, 7) is 0. The van der Waals surface area contributed by atoms with E-state index >= 15 is 0 Å². The van der Waals surface area contributed by atoms with E-state index in [1.807, 2.05) is 24.3 Å². The van der Waals surface area contributed by atoms with E-state index in [0.29, 0.717) is 18.2 Å². The molecule has 5 rings (SSSR count). The van der Waals surface area contributed by atoms with Crippen molar-refractivity contribution in [1.29, 1.82) is 0 Å². The molecule has 2 aromatic rings. The Labute approximate surface area is 152 Å². The highest BCUT2D eigenvalue weighted by Crippen LogP contribution is 2.40. The first kappa shape index (κ1) is 16.0. The molecule has 6 heteroatoms. The van der Waals surface area contributed by atoms with Gasteiger partial charge in [-0.1, -0.05) is 24.3 Å². The molecule has 1 saturated heterocycles. The standard InChI is InChI=1S/C20H24N4O2/c25-15-9-6-8-14-17(15)20(11-4-1-5-12-20)24-18(21-14)23-19-22-13-7-2-3-10-16(13)26-19/h2-4,7,10-11,14,17-18,21,24H,1,5-6,8-9,12H2,(H,22,23)/t14-,17+,18+,20+/m0/s1. The summed E-state index contributed by atoms with van der Waals surface area (Å²) in [5, 5.41) is 10.6. The van der Waals surface area contributed by atoms with Crippen LogP contribution in [0.15, 0.2) is 40.8 Å². The molecule has 1 aliphatic heterocycles. The number of rotatable bonds is 2. The molecular weight excluding hydrogens is 328 g/mol. The Morgan fingerprint density at radius 3 is 3.04 bits per heavy atom. The number of nitrogens with zero attached hydrogens (tertiary/aromatic N) is 1. The molecule has 1 spiro atoms. The molecule has 1 saturated carbocycles. The number of carbonyl (C=O) groups excluding carboxylic acids is 1. The van der Waals surface area contributed by atoms with Gasteiger partial charge in [-0.05, 0) is 44.2 Å². The molecule has 0 radical (unpaired) electrons. The highest BCUT2D eigenvalue weighted by molar-refractivity contribution is 5.84. The summed E-state index contributed by atoms with van der Waals surface area (Å²) in [5.41, 5.74) is 1.34. The number of anilines is 1. The molecular formula is C20H24N4O2. The maximum Gasteiger partial charge on any atom is 0.297 e. The van der Waals surface area contributed by atoms with Gasteiger partial charge in [0.2, 0.25) is 0 Å². The Morgan fingerprint density at radius 2 is 2.19 bits per heavy atom. The van der Waals surface area contributed by atoms with Crippen molar-refractivity contribution in [1.82, 2.24) is 15.6 Å². The van der Waals surface area contributed by atoms with E-state index in [0.717, 1.165) is 43.2 Å². The number of fused-ring (bicyclic) bond motifs is 3. The average Bonchev–Trinajstić information content (AvgIpc) is 3.04. The van der Waals surface area contributed by atoms with Crippen LogP contribution in [-0.4, -0.2) is 28.6 Å². The first-order chi connectivity index (χ1) is 12.7. The number of oxazole rings is 1. The van der Waals surface area contributed by atoms with Crippen LogP contribution in [0, 0.1) is 5.92 Å². The molecule has 0 unspecified atom stereocenters. The fourth-order valence-corrected chi connectivity index (χ4v) is 4.89. The number of hydrogen-bond acceptors (Lipinski definition) is 6. The maximum absolute atomic E-state index is 12.7. The monoisotopic (exact) mass is 352 g/mol. The number of Topliss-reactive ketones (excluding diaryl/α,β-unsaturated/α-hetero) is 1. The molecule has 2 heterocycles. The van der Waals surface area contributed by atoms with Gasteiger partial charge >= 0.3 is 0 Å². The second-order valence-electron chi connectivity index (χ2n) is 7.65. The molecule has 136 valence electrons. The van der Waals surface area contributed by atoms with Crippen molar-refractivity contribution in [2.45, 2.75) is 56.4 Å². The minimum Gasteiger partial charge on any atom is -0.424 e. The number of carbonyl (C=O) groups is 1. The van der Waals surface area contributed by atoms with Gasteiger partial charge in [-0.2, -0.15) is 4.98 Å². The Kier molecular flexibility index (Phi) is 3.83. The molecule has 0 amide bonds. The van der Waals surface area contributed by atoms with E-state index in [-0.39, 0.29) is 23.8 Å². The van der Waals surface area contributed by atoms with Gasteiger partial charge in [0, 0.05) is 12.5 Å². The predicted octanol–water partition coefficient (Wildman–Crippen LogP) is 2.93. The fraction of sp³-hybridized carbons (Fsp3) is 0.500. The van der Waals surface area contributed by atoms with E-state index in [1.54, 1.807) is 0 Å². The second kappa shape index (κ2) is 6.21. The molecule has 3 N–H and O–H groups in total. The lowest BCUT2D eigenvalue weighted by atomic mass is 9.66. The van der Waals surface area contributed by atoms with E-state index in [2.05, 4.69) is 33.1 Å². The van der Waals surface area contributed by atoms with Gasteiger partial charge < -0.3 is 9.73 Å². The zero-order valence-corrected chi connectivity index (χ0v) is 14.7. The molecule has 1 aromatic carbocycles. The Balaban J connectivity index is 1.44. The maximum atomic E-state index is 12.7. The molecule has 4 atom stereocenters. The minimum absolute atomic E-state index is 0.00878. The largest absolute Gasteiger partial charge is 0.424 e. The summed E-state index contributed by atoms with van der Waals surface area (Å²) in [6, 6.07) is 8.41. The van der Waals surface area contributed by atoms with Crippen LogP contribution in [-0.2, 0) is 4.79 Å². The zero-order chi connectivity index (χ0) is 17.6. The van der Waals surface area contributed by atoms with Gasteiger partial charge in [0.05, 0.1) is 11.5 Å². The van der Waals surface area contributed by atoms with Crippen LogP contribution >= 0.6 is 0 Å². The van der Waals surface area contributed by atoms with Crippen LogP contribution in [0.4, 0.5) is 6.01 Å². The van der Waals surface area contributed by atoms with Crippen LogP contribution in [0.2, 0.25) is 0 Å². The lowest BCUT2D eigenvalue weighted by Crippen LogP contribution is -2.74. The van der Waals surface area contributed by atoms with E-state index in [9.17, 15) is 4.79 Å². The summed E-state index contributed by atoms with van der Waals surface area (Å²) in [7, 11) is 0. The van der Waals surface area contributed by atoms with Crippen molar-refractivity contribution in [2.75, 3.05) is 5.32 Å². The van der Waals surface area contributed by atoms with Crippen molar-refractivity contribution in [3.05, 3.63) is 36.4 Å². The summed E-state index contributed by atoms with van der Waals surface area (Å²) in [6.07, 6.45) is 10.1. The van der Waals surface area contributed by atoms with E-state index < -0.39 is 0 Å². The number of benzene rings is 1. The quantitative estimate of drug-likeness (QED) is 0.721. The average molecular weight is 352 g/mol. The third-order valence-corrected chi connectivity index (χ3v) is 5.97. The number of nitrogens with one attached hydrogen (secondary N) is 3. The van der Waals surface area contributed by atoms with Crippen LogP contribution in [0.5, 0.6) is 0 Å². The zero-order valence-electron chi connectivity index (χ0n) is 14.7. The summed E-state index contributed by atoms with van der Waals surface area (Å²) in [4.78, 5) is 17.2. The number of hydrogen-bond donors (Lipinski definition) is 3.